The number of hydrogen-bond donors (Lipinski definition) is 2. The molecular formula is C23H23N5O. The Hall–Kier alpha value is -3.22. The molecule has 2 aromatic heterocycles. The van der Waals surface area contributed by atoms with E-state index in [0.29, 0.717) is 32.0 Å². The molecule has 29 heavy (non-hydrogen) atoms. The van der Waals surface area contributed by atoms with Crippen molar-refractivity contribution in [1.82, 2.24) is 19.6 Å². The molecular weight excluding hydrogens is 362 g/mol. The summed E-state index contributed by atoms with van der Waals surface area (Å²) in [6, 6.07) is 20.7. The average molecular weight is 385 g/mol. The van der Waals surface area contributed by atoms with Gasteiger partial charge in [-0.05, 0) is 24.6 Å². The van der Waals surface area contributed by atoms with E-state index < -0.39 is 0 Å². The van der Waals surface area contributed by atoms with Gasteiger partial charge in [0.2, 0.25) is 5.95 Å². The first-order valence-corrected chi connectivity index (χ1v) is 9.88. The molecule has 3 heterocycles. The summed E-state index contributed by atoms with van der Waals surface area (Å²) in [6.45, 7) is 3.75. The number of benzene rings is 2. The summed E-state index contributed by atoms with van der Waals surface area (Å²) in [5.74, 6) is 1.45. The lowest BCUT2D eigenvalue weighted by atomic mass is 10.1. The standard InChI is InChI=1S/C23H23N5O/c1-16-13-18-9-5-6-10-21(18)28(16)23-25-20-11-12-27(29)15-19(20)22(26-23)24-14-17-7-3-2-4-8-17/h2-10,13,29H,11-12,14-15H2,1H3,(H,24,25,26). The fourth-order valence-corrected chi connectivity index (χ4v) is 3.97. The van der Waals surface area contributed by atoms with Crippen molar-refractivity contribution >= 4 is 16.7 Å². The van der Waals surface area contributed by atoms with Crippen LogP contribution in [0.5, 0.6) is 0 Å². The first-order valence-electron chi connectivity index (χ1n) is 9.88. The minimum atomic E-state index is 0.429. The number of fused-ring (bicyclic) bond motifs is 2. The first kappa shape index (κ1) is 17.8. The molecule has 6 heteroatoms. The molecule has 1 aliphatic heterocycles. The number of para-hydroxylation sites is 1. The van der Waals surface area contributed by atoms with E-state index in [1.54, 1.807) is 0 Å². The number of aromatic nitrogens is 3. The van der Waals surface area contributed by atoms with Crippen LogP contribution in [-0.4, -0.2) is 31.4 Å². The summed E-state index contributed by atoms with van der Waals surface area (Å²) < 4.78 is 2.11. The minimum Gasteiger partial charge on any atom is -0.366 e. The van der Waals surface area contributed by atoms with Gasteiger partial charge < -0.3 is 10.5 Å². The topological polar surface area (TPSA) is 66.2 Å². The number of anilines is 1. The van der Waals surface area contributed by atoms with Crippen LogP contribution >= 0.6 is 0 Å². The van der Waals surface area contributed by atoms with E-state index in [4.69, 9.17) is 9.97 Å². The molecule has 0 atom stereocenters. The second kappa shape index (κ2) is 7.31. The molecule has 0 saturated carbocycles. The normalized spacial score (nSPS) is 14.1. The zero-order valence-corrected chi connectivity index (χ0v) is 16.3. The first-order chi connectivity index (χ1) is 14.2. The van der Waals surface area contributed by atoms with E-state index in [2.05, 4.69) is 47.1 Å². The van der Waals surface area contributed by atoms with Crippen molar-refractivity contribution in [1.29, 1.82) is 0 Å². The Kier molecular flexibility index (Phi) is 4.50. The molecule has 0 spiro atoms. The van der Waals surface area contributed by atoms with Crippen molar-refractivity contribution in [3.63, 3.8) is 0 Å². The largest absolute Gasteiger partial charge is 0.366 e. The summed E-state index contributed by atoms with van der Waals surface area (Å²) >= 11 is 0. The number of nitrogens with one attached hydrogen (secondary N) is 1. The molecule has 0 aliphatic carbocycles. The molecule has 0 saturated heterocycles. The number of hydrogen-bond acceptors (Lipinski definition) is 5. The smallest absolute Gasteiger partial charge is 0.236 e. The second-order valence-corrected chi connectivity index (χ2v) is 7.45. The van der Waals surface area contributed by atoms with Gasteiger partial charge in [-0.2, -0.15) is 10.0 Å². The van der Waals surface area contributed by atoms with Crippen molar-refractivity contribution in [2.24, 2.45) is 0 Å². The molecule has 0 fully saturated rings. The molecule has 4 aromatic rings. The van der Waals surface area contributed by atoms with E-state index in [0.717, 1.165) is 28.3 Å². The monoisotopic (exact) mass is 385 g/mol. The minimum absolute atomic E-state index is 0.429. The van der Waals surface area contributed by atoms with E-state index in [-0.39, 0.29) is 0 Å². The number of hydroxylamine groups is 2. The Balaban J connectivity index is 1.60. The maximum Gasteiger partial charge on any atom is 0.236 e. The molecule has 5 rings (SSSR count). The highest BCUT2D eigenvalue weighted by Gasteiger charge is 2.23. The van der Waals surface area contributed by atoms with Gasteiger partial charge in [-0.15, -0.1) is 0 Å². The van der Waals surface area contributed by atoms with Gasteiger partial charge in [-0.25, -0.2) is 4.98 Å². The maximum absolute atomic E-state index is 10.0. The van der Waals surface area contributed by atoms with Crippen LogP contribution in [0.3, 0.4) is 0 Å². The van der Waals surface area contributed by atoms with Crippen molar-refractivity contribution < 1.29 is 5.21 Å². The molecule has 6 nitrogen and oxygen atoms in total. The molecule has 2 N–H and O–H groups in total. The fraction of sp³-hybridized carbons (Fsp3) is 0.217. The van der Waals surface area contributed by atoms with E-state index in [9.17, 15) is 5.21 Å². The van der Waals surface area contributed by atoms with Gasteiger partial charge in [0.05, 0.1) is 17.8 Å². The lowest BCUT2D eigenvalue weighted by molar-refractivity contribution is -0.103. The number of aryl methyl sites for hydroxylation is 1. The fourth-order valence-electron chi connectivity index (χ4n) is 3.97. The van der Waals surface area contributed by atoms with Crippen LogP contribution in [-0.2, 0) is 19.5 Å². The van der Waals surface area contributed by atoms with Crippen LogP contribution in [0.4, 0.5) is 5.82 Å². The van der Waals surface area contributed by atoms with Gasteiger partial charge in [0.1, 0.15) is 5.82 Å². The van der Waals surface area contributed by atoms with E-state index >= 15 is 0 Å². The zero-order valence-electron chi connectivity index (χ0n) is 16.3. The summed E-state index contributed by atoms with van der Waals surface area (Å²) in [7, 11) is 0. The Morgan fingerprint density at radius 1 is 1.03 bits per heavy atom. The van der Waals surface area contributed by atoms with Crippen LogP contribution < -0.4 is 5.32 Å². The number of rotatable bonds is 4. The molecule has 0 bridgehead atoms. The highest BCUT2D eigenvalue weighted by atomic mass is 16.5. The summed E-state index contributed by atoms with van der Waals surface area (Å²) in [5.41, 5.74) is 5.33. The van der Waals surface area contributed by atoms with Gasteiger partial charge in [-0.1, -0.05) is 48.5 Å². The van der Waals surface area contributed by atoms with E-state index in [1.807, 2.05) is 30.3 Å². The second-order valence-electron chi connectivity index (χ2n) is 7.45. The van der Waals surface area contributed by atoms with Gasteiger partial charge in [0.15, 0.2) is 0 Å². The zero-order chi connectivity index (χ0) is 19.8. The van der Waals surface area contributed by atoms with Gasteiger partial charge >= 0.3 is 0 Å². The van der Waals surface area contributed by atoms with E-state index in [1.165, 1.54) is 16.0 Å². The third kappa shape index (κ3) is 3.37. The van der Waals surface area contributed by atoms with Crippen molar-refractivity contribution in [3.05, 3.63) is 83.2 Å². The molecule has 0 amide bonds. The highest BCUT2D eigenvalue weighted by molar-refractivity contribution is 5.82. The third-order valence-electron chi connectivity index (χ3n) is 5.43. The quantitative estimate of drug-likeness (QED) is 0.554. The van der Waals surface area contributed by atoms with Crippen molar-refractivity contribution in [2.75, 3.05) is 11.9 Å². The van der Waals surface area contributed by atoms with Gasteiger partial charge in [-0.3, -0.25) is 4.57 Å². The summed E-state index contributed by atoms with van der Waals surface area (Å²) in [4.78, 5) is 9.78. The van der Waals surface area contributed by atoms with Gasteiger partial charge in [0, 0.05) is 36.2 Å². The molecule has 0 radical (unpaired) electrons. The molecule has 2 aromatic carbocycles. The van der Waals surface area contributed by atoms with Crippen LogP contribution in [0, 0.1) is 6.92 Å². The van der Waals surface area contributed by atoms with Crippen LogP contribution in [0.1, 0.15) is 22.5 Å². The lowest BCUT2D eigenvalue weighted by Crippen LogP contribution is -2.30. The Morgan fingerprint density at radius 3 is 2.69 bits per heavy atom. The SMILES string of the molecule is Cc1cc2ccccc2n1-c1nc2c(c(NCc3ccccc3)n1)CN(O)CC2. The van der Waals surface area contributed by atoms with Crippen molar-refractivity contribution in [3.8, 4) is 5.95 Å². The lowest BCUT2D eigenvalue weighted by Gasteiger charge is -2.25. The molecule has 1 aliphatic rings. The third-order valence-corrected chi connectivity index (χ3v) is 5.43. The number of nitrogens with zero attached hydrogens (tertiary/aromatic N) is 4. The predicted octanol–water partition coefficient (Wildman–Crippen LogP) is 4.09. The van der Waals surface area contributed by atoms with Crippen molar-refractivity contribution in [2.45, 2.75) is 26.4 Å². The van der Waals surface area contributed by atoms with Crippen LogP contribution in [0.2, 0.25) is 0 Å². The van der Waals surface area contributed by atoms with Crippen LogP contribution in [0.25, 0.3) is 16.9 Å². The molecule has 0 unspecified atom stereocenters. The highest BCUT2D eigenvalue weighted by Crippen LogP contribution is 2.28. The Morgan fingerprint density at radius 2 is 1.83 bits per heavy atom. The maximum atomic E-state index is 10.0. The average Bonchev–Trinajstić information content (AvgIpc) is 3.08. The predicted molar refractivity (Wildman–Crippen MR) is 113 cm³/mol. The van der Waals surface area contributed by atoms with Gasteiger partial charge in [0.25, 0.3) is 0 Å². The van der Waals surface area contributed by atoms with Crippen LogP contribution in [0.15, 0.2) is 60.7 Å². The summed E-state index contributed by atoms with van der Waals surface area (Å²) in [5, 5.41) is 16.0. The Bertz CT molecular complexity index is 1170. The summed E-state index contributed by atoms with van der Waals surface area (Å²) in [6.07, 6.45) is 0.694. The molecule has 146 valence electrons. The Labute approximate surface area is 169 Å².